The molecule has 0 aliphatic carbocycles. The summed E-state index contributed by atoms with van der Waals surface area (Å²) in [5.41, 5.74) is -10.3. The van der Waals surface area contributed by atoms with Crippen LogP contribution in [0.25, 0.3) is 0 Å². The maximum atomic E-state index is 14.5. The van der Waals surface area contributed by atoms with Gasteiger partial charge in [-0.1, -0.05) is 0 Å². The molecule has 27 N–H and O–H groups in total. The summed E-state index contributed by atoms with van der Waals surface area (Å²) in [6.45, 7) is -1.11. The highest BCUT2D eigenvalue weighted by atomic mass is 16.7. The minimum absolute atomic E-state index is 0.401. The highest BCUT2D eigenvalue weighted by molar-refractivity contribution is 6.03. The fourth-order valence-electron chi connectivity index (χ4n) is 12.2. The monoisotopic (exact) mass is 1940 g/mol. The highest BCUT2D eigenvalue weighted by Crippen LogP contribution is 2.50. The summed E-state index contributed by atoms with van der Waals surface area (Å²) in [5.74, 6) is -62.4. The van der Waals surface area contributed by atoms with Crippen molar-refractivity contribution in [2.45, 2.75) is 18.5 Å². The van der Waals surface area contributed by atoms with Crippen LogP contribution in [0, 0.1) is 0 Å². The molecule has 52 nitrogen and oxygen atoms in total. The average Bonchev–Trinajstić information content (AvgIpc) is 1.51. The summed E-state index contributed by atoms with van der Waals surface area (Å²) in [6.07, 6.45) is -7.13. The van der Waals surface area contributed by atoms with Gasteiger partial charge in [0.1, 0.15) is 0 Å². The summed E-state index contributed by atoms with van der Waals surface area (Å²) in [6, 6.07) is 12.2. The van der Waals surface area contributed by atoms with Gasteiger partial charge < -0.3 is 199 Å². The van der Waals surface area contributed by atoms with E-state index in [0.717, 1.165) is 0 Å². The number of phenolic OH excluding ortho intramolecular Hbond substituents is 27. The van der Waals surface area contributed by atoms with Crippen LogP contribution in [0.15, 0.2) is 146 Å². The lowest BCUT2D eigenvalue weighted by molar-refractivity contribution is -0.125. The number of carbonyl (C=O) groups is 12. The first-order chi connectivity index (χ1) is 65.9. The van der Waals surface area contributed by atoms with Crippen molar-refractivity contribution in [2.75, 3.05) is 6.61 Å². The number of aromatic hydroxyl groups is 27. The fraction of sp³-hybridized carbons (Fsp3) is 0.0455. The van der Waals surface area contributed by atoms with Gasteiger partial charge in [-0.25, -0.2) is 57.5 Å². The van der Waals surface area contributed by atoms with E-state index >= 15 is 0 Å². The summed E-state index contributed by atoms with van der Waals surface area (Å²) in [5, 5.41) is 281. The predicted molar refractivity (Wildman–Crippen MR) is 440 cm³/mol. The van der Waals surface area contributed by atoms with E-state index in [2.05, 4.69) is 0 Å². The van der Waals surface area contributed by atoms with Crippen LogP contribution in [0.3, 0.4) is 0 Å². The molecule has 0 amide bonds. The van der Waals surface area contributed by atoms with Gasteiger partial charge in [-0.05, 0) is 146 Å². The van der Waals surface area contributed by atoms with Gasteiger partial charge in [0, 0.05) is 0 Å². The molecule has 0 aromatic heterocycles. The zero-order valence-corrected chi connectivity index (χ0v) is 68.6. The third-order valence-electron chi connectivity index (χ3n) is 19.1. The molecule has 12 aromatic rings. The van der Waals surface area contributed by atoms with Crippen LogP contribution in [0.1, 0.15) is 124 Å². The van der Waals surface area contributed by atoms with Crippen molar-refractivity contribution in [1.82, 2.24) is 0 Å². The van der Waals surface area contributed by atoms with Crippen LogP contribution in [-0.4, -0.2) is 235 Å². The molecule has 1 heterocycles. The third kappa shape index (κ3) is 20.0. The molecule has 3 atom stereocenters. The Labute approximate surface area is 770 Å². The van der Waals surface area contributed by atoms with Crippen molar-refractivity contribution in [3.63, 3.8) is 0 Å². The van der Waals surface area contributed by atoms with Crippen LogP contribution in [0.5, 0.6) is 207 Å². The number of phenols is 27. The molecule has 720 valence electrons. The summed E-state index contributed by atoms with van der Waals surface area (Å²) in [4.78, 5) is 164. The van der Waals surface area contributed by atoms with Crippen molar-refractivity contribution in [2.24, 2.45) is 0 Å². The molecule has 0 bridgehead atoms. The second-order valence-electron chi connectivity index (χ2n) is 28.6. The molecule has 1 saturated heterocycles. The maximum Gasteiger partial charge on any atom is 0.343 e. The lowest BCUT2D eigenvalue weighted by atomic mass is 10.1. The Kier molecular flexibility index (Phi) is 26.1. The molecule has 1 aliphatic heterocycles. The van der Waals surface area contributed by atoms with Crippen LogP contribution in [-0.2, 0) is 18.9 Å². The summed E-state index contributed by atoms with van der Waals surface area (Å²) < 4.78 is 68.1. The van der Waals surface area contributed by atoms with Gasteiger partial charge in [-0.3, -0.25) is 0 Å². The number of carbonyl (C=O) groups excluding carboxylic acids is 12. The molecule has 140 heavy (non-hydrogen) atoms. The zero-order chi connectivity index (χ0) is 102. The molecule has 52 heteroatoms. The maximum absolute atomic E-state index is 14.5. The van der Waals surface area contributed by atoms with E-state index < -0.39 is 370 Å². The third-order valence-corrected chi connectivity index (χ3v) is 19.1. The molecular formula is C88H56O52. The lowest BCUT2D eigenvalue weighted by Gasteiger charge is -2.23. The van der Waals surface area contributed by atoms with Crippen LogP contribution in [0.4, 0.5) is 0 Å². The minimum atomic E-state index is -2.48. The number of benzene rings is 12. The van der Waals surface area contributed by atoms with Gasteiger partial charge in [0.15, 0.2) is 161 Å². The molecule has 1 aliphatic rings. The molecule has 0 radical (unpaired) electrons. The molecule has 0 spiro atoms. The van der Waals surface area contributed by atoms with Gasteiger partial charge in [-0.2, -0.15) is 0 Å². The molecular weight excluding hydrogens is 1890 g/mol. The summed E-state index contributed by atoms with van der Waals surface area (Å²) >= 11 is 0. The molecule has 0 saturated carbocycles. The Morgan fingerprint density at radius 1 is 0.171 bits per heavy atom. The van der Waals surface area contributed by atoms with Gasteiger partial charge in [-0.15, -0.1) is 0 Å². The summed E-state index contributed by atoms with van der Waals surface area (Å²) in [7, 11) is 0. The van der Waals surface area contributed by atoms with E-state index in [0.29, 0.717) is 146 Å². The van der Waals surface area contributed by atoms with Gasteiger partial charge in [0.05, 0.1) is 73.4 Å². The first-order valence-corrected chi connectivity index (χ1v) is 37.9. The van der Waals surface area contributed by atoms with Crippen LogP contribution < -0.4 is 42.6 Å². The average molecular weight is 1950 g/mol. The van der Waals surface area contributed by atoms with E-state index in [1.807, 2.05) is 0 Å². The predicted octanol–water partition coefficient (Wildman–Crippen LogP) is 6.67. The Hall–Kier alpha value is -21.2. The van der Waals surface area contributed by atoms with Gasteiger partial charge in [0.25, 0.3) is 0 Å². The van der Waals surface area contributed by atoms with Crippen LogP contribution >= 0.6 is 0 Å². The Bertz CT molecular complexity index is 6970. The fourth-order valence-corrected chi connectivity index (χ4v) is 12.2. The number of esters is 12. The number of ether oxygens (including phenoxy) is 13. The SMILES string of the molecule is O=C(Oc1cc(C(=O)Oc2cc(C(=O)Oc3cc(C(=O)OC4COC(OC(=O)c5cc(O)c(O)c(OC(=O)c6cc(O)c(O)c(OC(=O)c7cc(O)c(O)c(OC(=O)c8cc(O)c(O)c(O)c8)c7)c6)c5)C4OC(=O)c4cc(O)c(O)c(OC(=O)c5cc(O)c(O)c(OC(=O)c6cc(O)c(O)c(OC(=O)c7cc(O)c(O)c(O)c7)c6)c5)c4)cc(O)c3O)cc(O)c2O)cc(O)c1O)c1cc(O)c(O)c(O)c1. The Balaban J connectivity index is 0.754. The minimum Gasteiger partial charge on any atom is -0.504 e. The topological polar surface area (TPSA) is 871 Å². The standard InChI is InChI=1S/C88H56O52/c89-38-1-26(2-39(90)63(38)104)76(116)129-53-16-29(7-44(95)66(53)107)79(119)132-56-19-32(10-47(98)69(56)110)82(122)135-59-22-35(13-50(101)72(59)113)85(125)138-62-25-128-88(140-87(127)37-15-52(103)74(115)61(24-37)137-84(124)34-12-49(100)71(112)58(21-34)134-81(121)31-9-46(97)68(109)55(18-31)131-78(118)28-5-42(93)65(106)43(94)6-28)75(62)139-86(126)36-14-51(102)73(114)60(23-36)136-83(123)33-11-48(99)70(111)57(20-33)133-80(120)30-8-45(96)67(108)54(17-30)130-77(117)27-3-40(91)64(105)41(92)4-27/h1-24,62,75,88-115H,25H2. The number of hydrogen-bond acceptors (Lipinski definition) is 52. The lowest BCUT2D eigenvalue weighted by Crippen LogP contribution is -2.40. The first kappa shape index (κ1) is 96.4. The van der Waals surface area contributed by atoms with Crippen molar-refractivity contribution in [3.05, 3.63) is 212 Å². The van der Waals surface area contributed by atoms with E-state index in [4.69, 9.17) is 61.6 Å². The largest absolute Gasteiger partial charge is 0.504 e. The Morgan fingerprint density at radius 2 is 0.300 bits per heavy atom. The van der Waals surface area contributed by atoms with Gasteiger partial charge >= 0.3 is 71.6 Å². The van der Waals surface area contributed by atoms with Gasteiger partial charge in [0.2, 0.25) is 64.1 Å². The number of rotatable bonds is 24. The van der Waals surface area contributed by atoms with E-state index in [-0.39, 0.29) is 0 Å². The Morgan fingerprint density at radius 3 is 0.464 bits per heavy atom. The molecule has 3 unspecified atom stereocenters. The quantitative estimate of drug-likeness (QED) is 0.0130. The second kappa shape index (κ2) is 38.0. The molecule has 1 fully saturated rings. The van der Waals surface area contributed by atoms with Crippen molar-refractivity contribution < 1.29 is 257 Å². The van der Waals surface area contributed by atoms with E-state index in [1.165, 1.54) is 0 Å². The first-order valence-electron chi connectivity index (χ1n) is 37.9. The van der Waals surface area contributed by atoms with Crippen molar-refractivity contribution in [1.29, 1.82) is 0 Å². The molecule has 13 rings (SSSR count). The van der Waals surface area contributed by atoms with E-state index in [9.17, 15) is 195 Å². The number of hydrogen-bond donors (Lipinski definition) is 27. The zero-order valence-electron chi connectivity index (χ0n) is 68.6. The second-order valence-corrected chi connectivity index (χ2v) is 28.6. The highest BCUT2D eigenvalue weighted by Gasteiger charge is 2.47. The van der Waals surface area contributed by atoms with Crippen molar-refractivity contribution in [3.8, 4) is 207 Å². The van der Waals surface area contributed by atoms with Crippen LogP contribution in [0.2, 0.25) is 0 Å². The molecule has 12 aromatic carbocycles. The normalized spacial score (nSPS) is 13.0. The smallest absolute Gasteiger partial charge is 0.343 e. The van der Waals surface area contributed by atoms with E-state index in [1.54, 1.807) is 0 Å². The van der Waals surface area contributed by atoms with Crippen molar-refractivity contribution >= 4 is 71.6 Å².